The molecular formula is C9H14F3NO2. The van der Waals surface area contributed by atoms with Crippen molar-refractivity contribution < 1.29 is 22.7 Å². The Morgan fingerprint density at radius 1 is 1.53 bits per heavy atom. The van der Waals surface area contributed by atoms with Crippen LogP contribution in [0.4, 0.5) is 13.2 Å². The normalized spacial score (nSPS) is 23.1. The fraction of sp³-hybridized carbons (Fsp3) is 0.889. The van der Waals surface area contributed by atoms with E-state index >= 15 is 0 Å². The summed E-state index contributed by atoms with van der Waals surface area (Å²) in [7, 11) is 0. The van der Waals surface area contributed by atoms with Crippen LogP contribution < -0.4 is 0 Å². The van der Waals surface area contributed by atoms with Crippen LogP contribution in [0, 0.1) is 5.92 Å². The highest BCUT2D eigenvalue weighted by molar-refractivity contribution is 5.73. The Morgan fingerprint density at radius 2 is 2.20 bits per heavy atom. The van der Waals surface area contributed by atoms with Crippen molar-refractivity contribution in [2.75, 3.05) is 26.2 Å². The lowest BCUT2D eigenvalue weighted by Crippen LogP contribution is -2.33. The monoisotopic (exact) mass is 225 g/mol. The van der Waals surface area contributed by atoms with Gasteiger partial charge < -0.3 is 4.74 Å². The highest BCUT2D eigenvalue weighted by Crippen LogP contribution is 2.23. The Kier molecular flexibility index (Phi) is 3.96. The molecule has 1 fully saturated rings. The lowest BCUT2D eigenvalue weighted by Gasteiger charge is -2.17. The summed E-state index contributed by atoms with van der Waals surface area (Å²) in [6.45, 7) is 1.47. The number of hydrogen-bond acceptors (Lipinski definition) is 3. The number of carbonyl (C=O) groups excluding carboxylic acids is 1. The Labute approximate surface area is 86.2 Å². The van der Waals surface area contributed by atoms with Crippen LogP contribution in [0.5, 0.6) is 0 Å². The Bertz CT molecular complexity index is 230. The summed E-state index contributed by atoms with van der Waals surface area (Å²) in [5.74, 6) is -0.783. The first-order valence-electron chi connectivity index (χ1n) is 4.88. The number of alkyl halides is 3. The lowest BCUT2D eigenvalue weighted by molar-refractivity contribution is -0.151. The number of carbonyl (C=O) groups is 1. The molecule has 1 rings (SSSR count). The van der Waals surface area contributed by atoms with E-state index in [9.17, 15) is 18.0 Å². The van der Waals surface area contributed by atoms with Crippen molar-refractivity contribution in [3.05, 3.63) is 0 Å². The van der Waals surface area contributed by atoms with Crippen molar-refractivity contribution in [2.45, 2.75) is 19.5 Å². The van der Waals surface area contributed by atoms with Gasteiger partial charge in [0.25, 0.3) is 0 Å². The molecule has 0 aromatic heterocycles. The van der Waals surface area contributed by atoms with Crippen molar-refractivity contribution in [1.29, 1.82) is 0 Å². The van der Waals surface area contributed by atoms with E-state index in [2.05, 4.69) is 0 Å². The van der Waals surface area contributed by atoms with Crippen LogP contribution >= 0.6 is 0 Å². The molecule has 0 radical (unpaired) electrons. The van der Waals surface area contributed by atoms with Gasteiger partial charge in [0.1, 0.15) is 0 Å². The van der Waals surface area contributed by atoms with Crippen molar-refractivity contribution in [1.82, 2.24) is 4.90 Å². The maximum atomic E-state index is 12.0. The van der Waals surface area contributed by atoms with E-state index in [1.54, 1.807) is 6.92 Å². The van der Waals surface area contributed by atoms with Crippen LogP contribution in [0.3, 0.4) is 0 Å². The first-order valence-corrected chi connectivity index (χ1v) is 4.88. The van der Waals surface area contributed by atoms with Gasteiger partial charge in [0.15, 0.2) is 0 Å². The first kappa shape index (κ1) is 12.3. The maximum absolute atomic E-state index is 12.0. The number of likely N-dealkylation sites (tertiary alicyclic amines) is 1. The van der Waals surface area contributed by atoms with E-state index < -0.39 is 18.6 Å². The number of halogens is 3. The molecule has 15 heavy (non-hydrogen) atoms. The minimum atomic E-state index is -4.19. The van der Waals surface area contributed by atoms with Gasteiger partial charge in [-0.05, 0) is 19.9 Å². The zero-order valence-electron chi connectivity index (χ0n) is 8.51. The molecule has 6 heteroatoms. The molecule has 1 aliphatic heterocycles. The molecule has 1 saturated heterocycles. The first-order chi connectivity index (χ1) is 6.92. The van der Waals surface area contributed by atoms with Gasteiger partial charge in [0.05, 0.1) is 19.1 Å². The molecule has 0 amide bonds. The number of nitrogens with zero attached hydrogens (tertiary/aromatic N) is 1. The third kappa shape index (κ3) is 4.07. The summed E-state index contributed by atoms with van der Waals surface area (Å²) >= 11 is 0. The summed E-state index contributed by atoms with van der Waals surface area (Å²) < 4.78 is 40.8. The van der Waals surface area contributed by atoms with Crippen molar-refractivity contribution in [3.63, 3.8) is 0 Å². The second kappa shape index (κ2) is 4.83. The second-order valence-corrected chi connectivity index (χ2v) is 3.59. The predicted octanol–water partition coefficient (Wildman–Crippen LogP) is 1.43. The highest BCUT2D eigenvalue weighted by atomic mass is 19.4. The standard InChI is InChI=1S/C9H14F3NO2/c1-2-15-8(14)7-3-4-13(5-7)6-9(10,11)12/h7H,2-6H2,1H3. The Morgan fingerprint density at radius 3 is 2.73 bits per heavy atom. The van der Waals surface area contributed by atoms with Gasteiger partial charge in [-0.25, -0.2) is 0 Å². The van der Waals surface area contributed by atoms with Crippen LogP contribution in [-0.2, 0) is 9.53 Å². The fourth-order valence-electron chi connectivity index (χ4n) is 1.68. The van der Waals surface area contributed by atoms with Gasteiger partial charge in [-0.1, -0.05) is 0 Å². The Hall–Kier alpha value is -0.780. The summed E-state index contributed by atoms with van der Waals surface area (Å²) in [5.41, 5.74) is 0. The third-order valence-electron chi connectivity index (χ3n) is 2.30. The molecule has 0 aromatic carbocycles. The molecule has 0 saturated carbocycles. The van der Waals surface area contributed by atoms with Gasteiger partial charge >= 0.3 is 12.1 Å². The minimum Gasteiger partial charge on any atom is -0.466 e. The zero-order valence-corrected chi connectivity index (χ0v) is 8.51. The van der Waals surface area contributed by atoms with Crippen molar-refractivity contribution in [2.24, 2.45) is 5.92 Å². The lowest BCUT2D eigenvalue weighted by atomic mass is 10.1. The summed E-state index contributed by atoms with van der Waals surface area (Å²) in [5, 5.41) is 0. The topological polar surface area (TPSA) is 29.5 Å². The number of rotatable bonds is 3. The van der Waals surface area contributed by atoms with Crippen LogP contribution in [0.25, 0.3) is 0 Å². The smallest absolute Gasteiger partial charge is 0.401 e. The van der Waals surface area contributed by atoms with E-state index in [4.69, 9.17) is 4.74 Å². The molecule has 0 aliphatic carbocycles. The van der Waals surface area contributed by atoms with Gasteiger partial charge in [0.2, 0.25) is 0 Å². The van der Waals surface area contributed by atoms with E-state index in [0.717, 1.165) is 0 Å². The van der Waals surface area contributed by atoms with Crippen molar-refractivity contribution in [3.8, 4) is 0 Å². The quantitative estimate of drug-likeness (QED) is 0.680. The minimum absolute atomic E-state index is 0.151. The average molecular weight is 225 g/mol. The summed E-state index contributed by atoms with van der Waals surface area (Å²) in [4.78, 5) is 12.5. The van der Waals surface area contributed by atoms with E-state index in [1.807, 2.05) is 0 Å². The zero-order chi connectivity index (χ0) is 11.5. The molecule has 3 nitrogen and oxygen atoms in total. The summed E-state index contributed by atoms with van der Waals surface area (Å²) in [6.07, 6.45) is -3.74. The molecule has 1 aliphatic rings. The molecular weight excluding hydrogens is 211 g/mol. The fourth-order valence-corrected chi connectivity index (χ4v) is 1.68. The van der Waals surface area contributed by atoms with Crippen LogP contribution in [0.1, 0.15) is 13.3 Å². The molecule has 0 aromatic rings. The molecule has 1 unspecified atom stereocenters. The van der Waals surface area contributed by atoms with Crippen molar-refractivity contribution >= 4 is 5.97 Å². The van der Waals surface area contributed by atoms with E-state index in [-0.39, 0.29) is 19.1 Å². The van der Waals surface area contributed by atoms with E-state index in [0.29, 0.717) is 13.0 Å². The molecule has 1 atom stereocenters. The van der Waals surface area contributed by atoms with Gasteiger partial charge in [0, 0.05) is 6.54 Å². The molecule has 1 heterocycles. The molecule has 0 bridgehead atoms. The number of ether oxygens (including phenoxy) is 1. The van der Waals surface area contributed by atoms with Crippen LogP contribution in [0.2, 0.25) is 0 Å². The van der Waals surface area contributed by atoms with E-state index in [1.165, 1.54) is 4.90 Å². The SMILES string of the molecule is CCOC(=O)C1CCN(CC(F)(F)F)C1. The highest BCUT2D eigenvalue weighted by Gasteiger charge is 2.36. The van der Waals surface area contributed by atoms with Crippen LogP contribution in [0.15, 0.2) is 0 Å². The number of hydrogen-bond donors (Lipinski definition) is 0. The molecule has 88 valence electrons. The number of esters is 1. The van der Waals surface area contributed by atoms with Gasteiger partial charge in [-0.3, -0.25) is 9.69 Å². The predicted molar refractivity (Wildman–Crippen MR) is 47.2 cm³/mol. The largest absolute Gasteiger partial charge is 0.466 e. The molecule has 0 N–H and O–H groups in total. The second-order valence-electron chi connectivity index (χ2n) is 3.59. The Balaban J connectivity index is 2.36. The maximum Gasteiger partial charge on any atom is 0.401 e. The van der Waals surface area contributed by atoms with Gasteiger partial charge in [-0.15, -0.1) is 0 Å². The molecule has 0 spiro atoms. The van der Waals surface area contributed by atoms with Crippen LogP contribution in [-0.4, -0.2) is 43.3 Å². The third-order valence-corrected chi connectivity index (χ3v) is 2.30. The summed E-state index contributed by atoms with van der Waals surface area (Å²) in [6, 6.07) is 0. The van der Waals surface area contributed by atoms with Gasteiger partial charge in [-0.2, -0.15) is 13.2 Å². The average Bonchev–Trinajstić information content (AvgIpc) is 2.50.